The SMILES string of the molecule is Cn1ncc2cnc(-c3[nH]ncc3NC(=O)N3CCCCC34CC4)cc21.FC1CCC1. The summed E-state index contributed by atoms with van der Waals surface area (Å²) < 4.78 is 13.3. The Labute approximate surface area is 180 Å². The molecule has 2 amide bonds. The predicted octanol–water partition coefficient (Wildman–Crippen LogP) is 4.42. The molecular weight excluding hydrogens is 397 g/mol. The number of aryl methyl sites for hydroxylation is 1. The number of hydrogen-bond donors (Lipinski definition) is 2. The molecule has 0 bridgehead atoms. The molecule has 1 saturated heterocycles. The normalized spacial score (nSPS) is 19.6. The van der Waals surface area contributed by atoms with Crippen molar-refractivity contribution in [3.63, 3.8) is 0 Å². The number of halogens is 1. The van der Waals surface area contributed by atoms with E-state index >= 15 is 0 Å². The second-order valence-corrected chi connectivity index (χ2v) is 8.85. The number of carbonyl (C=O) groups excluding carboxylic acids is 1. The van der Waals surface area contributed by atoms with E-state index in [4.69, 9.17) is 0 Å². The highest BCUT2D eigenvalue weighted by Crippen LogP contribution is 2.48. The number of alkyl halides is 1. The first-order chi connectivity index (χ1) is 15.1. The summed E-state index contributed by atoms with van der Waals surface area (Å²) in [5.74, 6) is 0. The molecule has 6 rings (SSSR count). The van der Waals surface area contributed by atoms with Crippen LogP contribution in [0.5, 0.6) is 0 Å². The van der Waals surface area contributed by atoms with Crippen LogP contribution in [0.2, 0.25) is 0 Å². The Bertz CT molecular complexity index is 1080. The molecule has 0 unspecified atom stereocenters. The van der Waals surface area contributed by atoms with Gasteiger partial charge in [-0.15, -0.1) is 0 Å². The van der Waals surface area contributed by atoms with Crippen LogP contribution < -0.4 is 5.32 Å². The largest absolute Gasteiger partial charge is 0.322 e. The average Bonchev–Trinajstić information content (AvgIpc) is 3.19. The van der Waals surface area contributed by atoms with E-state index in [2.05, 4.69) is 25.6 Å². The lowest BCUT2D eigenvalue weighted by atomic mass is 9.98. The van der Waals surface area contributed by atoms with Gasteiger partial charge in [0.15, 0.2) is 0 Å². The van der Waals surface area contributed by atoms with Crippen LogP contribution in [0.25, 0.3) is 22.3 Å². The van der Waals surface area contributed by atoms with Gasteiger partial charge in [-0.25, -0.2) is 9.18 Å². The van der Waals surface area contributed by atoms with Gasteiger partial charge < -0.3 is 10.2 Å². The zero-order chi connectivity index (χ0) is 21.4. The van der Waals surface area contributed by atoms with Crippen LogP contribution in [0.15, 0.2) is 24.7 Å². The molecule has 0 aromatic carbocycles. The van der Waals surface area contributed by atoms with Crippen LogP contribution in [0.3, 0.4) is 0 Å². The van der Waals surface area contributed by atoms with Crippen molar-refractivity contribution < 1.29 is 9.18 Å². The third-order valence-electron chi connectivity index (χ3n) is 6.72. The van der Waals surface area contributed by atoms with Crippen molar-refractivity contribution in [2.24, 2.45) is 7.05 Å². The molecule has 3 aromatic heterocycles. The van der Waals surface area contributed by atoms with Crippen molar-refractivity contribution >= 4 is 22.6 Å². The smallest absolute Gasteiger partial charge is 0.319 e. The van der Waals surface area contributed by atoms with E-state index in [9.17, 15) is 9.18 Å². The first kappa shape index (κ1) is 20.0. The fourth-order valence-electron chi connectivity index (χ4n) is 4.38. The summed E-state index contributed by atoms with van der Waals surface area (Å²) in [6.45, 7) is 0.832. The maximum atomic E-state index is 12.9. The fraction of sp³-hybridized carbons (Fsp3) is 0.545. The highest BCUT2D eigenvalue weighted by atomic mass is 19.1. The summed E-state index contributed by atoms with van der Waals surface area (Å²) >= 11 is 0. The second-order valence-electron chi connectivity index (χ2n) is 8.85. The molecule has 2 saturated carbocycles. The van der Waals surface area contributed by atoms with Gasteiger partial charge in [0.1, 0.15) is 11.9 Å². The minimum Gasteiger partial charge on any atom is -0.319 e. The van der Waals surface area contributed by atoms with Gasteiger partial charge in [-0.2, -0.15) is 10.2 Å². The van der Waals surface area contributed by atoms with Crippen LogP contribution in [0.1, 0.15) is 51.4 Å². The van der Waals surface area contributed by atoms with E-state index in [-0.39, 0.29) is 11.6 Å². The first-order valence-corrected chi connectivity index (χ1v) is 11.1. The van der Waals surface area contributed by atoms with Gasteiger partial charge in [-0.1, -0.05) is 0 Å². The standard InChI is InChI=1S/C18H21N7O.C4H7F/c1-24-15-8-13(19-9-12(15)10-21-24)16-14(11-20-23-16)22-17(26)25-7-3-2-4-18(25)5-6-18;5-4-2-1-3-4/h8-11H,2-7H2,1H3,(H,20,23)(H,22,26);4H,1-3H2. The van der Waals surface area contributed by atoms with Crippen molar-refractivity contribution in [1.82, 2.24) is 29.9 Å². The Morgan fingerprint density at radius 3 is 2.71 bits per heavy atom. The van der Waals surface area contributed by atoms with Crippen molar-refractivity contribution in [2.75, 3.05) is 11.9 Å². The summed E-state index contributed by atoms with van der Waals surface area (Å²) in [6, 6.07) is 1.92. The van der Waals surface area contributed by atoms with E-state index in [1.54, 1.807) is 23.3 Å². The minimum atomic E-state index is -0.435. The number of likely N-dealkylation sites (tertiary alicyclic amines) is 1. The molecule has 9 heteroatoms. The minimum absolute atomic E-state index is 0.0357. The van der Waals surface area contributed by atoms with Gasteiger partial charge >= 0.3 is 6.03 Å². The van der Waals surface area contributed by atoms with E-state index < -0.39 is 6.17 Å². The monoisotopic (exact) mass is 425 g/mol. The number of urea groups is 1. The Kier molecular flexibility index (Phi) is 5.11. The quantitative estimate of drug-likeness (QED) is 0.636. The topological polar surface area (TPSA) is 91.7 Å². The number of rotatable bonds is 2. The number of H-pyrrole nitrogens is 1. The molecular formula is C22H28FN7O. The van der Waals surface area contributed by atoms with Crippen molar-refractivity contribution in [3.05, 3.63) is 24.7 Å². The molecule has 3 aliphatic rings. The molecule has 31 heavy (non-hydrogen) atoms. The number of nitrogens with zero attached hydrogens (tertiary/aromatic N) is 5. The maximum absolute atomic E-state index is 12.9. The molecule has 4 heterocycles. The fourth-order valence-corrected chi connectivity index (χ4v) is 4.38. The number of hydrogen-bond acceptors (Lipinski definition) is 4. The molecule has 0 atom stereocenters. The molecule has 1 aliphatic heterocycles. The number of amides is 2. The zero-order valence-electron chi connectivity index (χ0n) is 17.8. The van der Waals surface area contributed by atoms with Crippen LogP contribution in [-0.4, -0.2) is 54.1 Å². The average molecular weight is 426 g/mol. The molecule has 3 fully saturated rings. The number of anilines is 1. The van der Waals surface area contributed by atoms with Gasteiger partial charge in [0, 0.05) is 30.7 Å². The summed E-state index contributed by atoms with van der Waals surface area (Å²) in [4.78, 5) is 19.4. The Hall–Kier alpha value is -2.97. The van der Waals surface area contributed by atoms with E-state index in [1.807, 2.05) is 18.0 Å². The Balaban J connectivity index is 0.000000361. The van der Waals surface area contributed by atoms with Crippen molar-refractivity contribution in [1.29, 1.82) is 0 Å². The van der Waals surface area contributed by atoms with Crippen LogP contribution in [0, 0.1) is 0 Å². The highest BCUT2D eigenvalue weighted by molar-refractivity contribution is 5.94. The molecule has 8 nitrogen and oxygen atoms in total. The molecule has 2 N–H and O–H groups in total. The summed E-state index contributed by atoms with van der Waals surface area (Å²) in [7, 11) is 1.90. The summed E-state index contributed by atoms with van der Waals surface area (Å²) in [5, 5.41) is 15.4. The van der Waals surface area contributed by atoms with Crippen LogP contribution in [-0.2, 0) is 7.05 Å². The number of carbonyl (C=O) groups is 1. The lowest BCUT2D eigenvalue weighted by Gasteiger charge is -2.36. The van der Waals surface area contributed by atoms with Gasteiger partial charge in [0.25, 0.3) is 0 Å². The number of piperidine rings is 1. The Morgan fingerprint density at radius 1 is 1.19 bits per heavy atom. The third kappa shape index (κ3) is 3.88. The highest BCUT2D eigenvalue weighted by Gasteiger charge is 2.51. The molecule has 3 aromatic rings. The number of fused-ring (bicyclic) bond motifs is 1. The zero-order valence-corrected chi connectivity index (χ0v) is 17.8. The van der Waals surface area contributed by atoms with Gasteiger partial charge in [-0.3, -0.25) is 14.8 Å². The number of aromatic nitrogens is 5. The predicted molar refractivity (Wildman–Crippen MR) is 116 cm³/mol. The van der Waals surface area contributed by atoms with Gasteiger partial charge in [0.2, 0.25) is 0 Å². The molecule has 164 valence electrons. The molecule has 2 aliphatic carbocycles. The van der Waals surface area contributed by atoms with Gasteiger partial charge in [0.05, 0.1) is 29.3 Å². The number of pyridine rings is 1. The first-order valence-electron chi connectivity index (χ1n) is 11.1. The van der Waals surface area contributed by atoms with Crippen molar-refractivity contribution in [2.45, 2.75) is 63.1 Å². The second kappa shape index (κ2) is 7.94. The van der Waals surface area contributed by atoms with E-state index in [0.29, 0.717) is 11.4 Å². The maximum Gasteiger partial charge on any atom is 0.322 e. The molecule has 0 radical (unpaired) electrons. The number of nitrogens with one attached hydrogen (secondary N) is 2. The van der Waals surface area contributed by atoms with Crippen LogP contribution >= 0.6 is 0 Å². The van der Waals surface area contributed by atoms with Crippen molar-refractivity contribution in [3.8, 4) is 11.4 Å². The summed E-state index contributed by atoms with van der Waals surface area (Å²) in [5.41, 5.74) is 3.19. The summed E-state index contributed by atoms with van der Waals surface area (Å²) in [6.07, 6.45) is 13.2. The molecule has 1 spiro atoms. The van der Waals surface area contributed by atoms with E-state index in [0.717, 1.165) is 68.1 Å². The lowest BCUT2D eigenvalue weighted by molar-refractivity contribution is 0.151. The Morgan fingerprint density at radius 2 is 2.00 bits per heavy atom. The third-order valence-corrected chi connectivity index (χ3v) is 6.72. The lowest BCUT2D eigenvalue weighted by Crippen LogP contribution is -2.47. The van der Waals surface area contributed by atoms with Gasteiger partial charge in [-0.05, 0) is 57.4 Å². The van der Waals surface area contributed by atoms with E-state index in [1.165, 1.54) is 6.42 Å². The number of aromatic amines is 1. The van der Waals surface area contributed by atoms with Crippen LogP contribution in [0.4, 0.5) is 14.9 Å².